The number of aromatic nitrogens is 2. The normalized spacial score (nSPS) is 28.4. The van der Waals surface area contributed by atoms with E-state index >= 15 is 0 Å². The Kier molecular flexibility index (Phi) is 3.52. The summed E-state index contributed by atoms with van der Waals surface area (Å²) in [5.41, 5.74) is 3.47. The predicted octanol–water partition coefficient (Wildman–Crippen LogP) is 4.09. The van der Waals surface area contributed by atoms with Gasteiger partial charge in [0.2, 0.25) is 5.88 Å². The van der Waals surface area contributed by atoms with Gasteiger partial charge in [0.05, 0.1) is 0 Å². The van der Waals surface area contributed by atoms with Crippen LogP contribution in [0.4, 0.5) is 0 Å². The van der Waals surface area contributed by atoms with Crippen LogP contribution in [0.15, 0.2) is 48.8 Å². The molecule has 0 saturated carbocycles. The Hall–Kier alpha value is -2.33. The van der Waals surface area contributed by atoms with Gasteiger partial charge >= 0.3 is 0 Å². The summed E-state index contributed by atoms with van der Waals surface area (Å²) in [6.45, 7) is 4.73. The molecule has 3 saturated heterocycles. The molecule has 2 aromatic heterocycles. The topological polar surface area (TPSA) is 41.1 Å². The zero-order valence-electron chi connectivity index (χ0n) is 14.5. The van der Waals surface area contributed by atoms with Crippen molar-refractivity contribution in [2.45, 2.75) is 31.9 Å². The molecule has 0 amide bonds. The Labute approximate surface area is 147 Å². The fourth-order valence-electron chi connectivity index (χ4n) is 4.44. The number of piperidine rings is 3. The number of nitrogens with zero attached hydrogens (tertiary/aromatic N) is 2. The Bertz CT molecular complexity index is 876. The van der Waals surface area contributed by atoms with Crippen molar-refractivity contribution in [3.05, 3.63) is 48.8 Å². The summed E-state index contributed by atoms with van der Waals surface area (Å²) in [5.74, 6) is 1.43. The fourth-order valence-corrected chi connectivity index (χ4v) is 4.44. The average molecular weight is 333 g/mol. The molecule has 2 atom stereocenters. The van der Waals surface area contributed by atoms with Crippen molar-refractivity contribution >= 4 is 10.9 Å². The van der Waals surface area contributed by atoms with Crippen molar-refractivity contribution in [2.24, 2.45) is 5.92 Å². The highest BCUT2D eigenvalue weighted by Gasteiger charge is 2.41. The molecule has 4 nitrogen and oxygen atoms in total. The van der Waals surface area contributed by atoms with Crippen LogP contribution < -0.4 is 4.74 Å². The molecule has 0 spiro atoms. The van der Waals surface area contributed by atoms with Crippen molar-refractivity contribution < 1.29 is 4.74 Å². The summed E-state index contributed by atoms with van der Waals surface area (Å²) in [6.07, 6.45) is 6.68. The molecule has 1 N–H and O–H groups in total. The van der Waals surface area contributed by atoms with E-state index < -0.39 is 0 Å². The van der Waals surface area contributed by atoms with Gasteiger partial charge in [0.15, 0.2) is 0 Å². The highest BCUT2D eigenvalue weighted by Crippen LogP contribution is 2.34. The van der Waals surface area contributed by atoms with Gasteiger partial charge in [0.25, 0.3) is 0 Å². The Morgan fingerprint density at radius 2 is 1.92 bits per heavy atom. The molecule has 4 heteroatoms. The molecule has 3 aromatic rings. The van der Waals surface area contributed by atoms with E-state index in [9.17, 15) is 0 Å². The predicted molar refractivity (Wildman–Crippen MR) is 99.7 cm³/mol. The standard InChI is InChI=1S/C21H23N3O/c1-14-21(15-7-10-24(14)11-8-15)25-20-5-3-18(13-23-20)16-2-4-19-17(12-16)6-9-22-19/h2-6,9,12-15,21-22H,7-8,10-11H2,1H3/t14-,21-/m1/s1. The van der Waals surface area contributed by atoms with Gasteiger partial charge in [-0.05, 0) is 74.0 Å². The molecule has 1 aromatic carbocycles. The molecule has 25 heavy (non-hydrogen) atoms. The lowest BCUT2D eigenvalue weighted by molar-refractivity contribution is -0.0525. The van der Waals surface area contributed by atoms with Crippen molar-refractivity contribution in [3.8, 4) is 17.0 Å². The third-order valence-electron chi connectivity index (χ3n) is 5.97. The van der Waals surface area contributed by atoms with E-state index in [1.54, 1.807) is 0 Å². The smallest absolute Gasteiger partial charge is 0.213 e. The molecular formula is C21H23N3O. The van der Waals surface area contributed by atoms with Gasteiger partial charge in [0.1, 0.15) is 6.10 Å². The largest absolute Gasteiger partial charge is 0.472 e. The molecule has 0 aliphatic carbocycles. The maximum Gasteiger partial charge on any atom is 0.213 e. The van der Waals surface area contributed by atoms with E-state index in [2.05, 4.69) is 52.1 Å². The molecule has 0 unspecified atom stereocenters. The summed E-state index contributed by atoms with van der Waals surface area (Å²) < 4.78 is 6.29. The molecule has 3 aliphatic heterocycles. The van der Waals surface area contributed by atoms with Crippen LogP contribution in [0.25, 0.3) is 22.0 Å². The second-order valence-corrected chi connectivity index (χ2v) is 7.36. The number of nitrogens with one attached hydrogen (secondary N) is 1. The first kappa shape index (κ1) is 15.0. The summed E-state index contributed by atoms with van der Waals surface area (Å²) >= 11 is 0. The summed E-state index contributed by atoms with van der Waals surface area (Å²) in [7, 11) is 0. The average Bonchev–Trinajstić information content (AvgIpc) is 3.13. The van der Waals surface area contributed by atoms with Gasteiger partial charge in [-0.3, -0.25) is 4.90 Å². The Balaban J connectivity index is 1.36. The lowest BCUT2D eigenvalue weighted by Crippen LogP contribution is -2.58. The molecule has 0 radical (unpaired) electrons. The number of hydrogen-bond acceptors (Lipinski definition) is 3. The van der Waals surface area contributed by atoms with E-state index in [0.29, 0.717) is 12.0 Å². The van der Waals surface area contributed by atoms with E-state index in [1.165, 1.54) is 36.9 Å². The monoisotopic (exact) mass is 333 g/mol. The first-order valence-corrected chi connectivity index (χ1v) is 9.22. The summed E-state index contributed by atoms with van der Waals surface area (Å²) in [4.78, 5) is 10.4. The van der Waals surface area contributed by atoms with Crippen LogP contribution in [0.2, 0.25) is 0 Å². The molecule has 128 valence electrons. The zero-order chi connectivity index (χ0) is 16.8. The van der Waals surface area contributed by atoms with Crippen molar-refractivity contribution in [3.63, 3.8) is 0 Å². The lowest BCUT2D eigenvalue weighted by atomic mass is 9.81. The van der Waals surface area contributed by atoms with E-state index in [-0.39, 0.29) is 6.10 Å². The molecule has 3 fully saturated rings. The van der Waals surface area contributed by atoms with Crippen LogP contribution in [-0.4, -0.2) is 40.1 Å². The van der Waals surface area contributed by atoms with Gasteiger partial charge in [-0.1, -0.05) is 6.07 Å². The van der Waals surface area contributed by atoms with Crippen molar-refractivity contribution in [1.82, 2.24) is 14.9 Å². The van der Waals surface area contributed by atoms with Crippen LogP contribution in [0, 0.1) is 5.92 Å². The Morgan fingerprint density at radius 3 is 2.68 bits per heavy atom. The lowest BCUT2D eigenvalue weighted by Gasteiger charge is -2.49. The van der Waals surface area contributed by atoms with Crippen LogP contribution in [0.1, 0.15) is 19.8 Å². The number of aromatic amines is 1. The number of hydrogen-bond donors (Lipinski definition) is 1. The zero-order valence-corrected chi connectivity index (χ0v) is 14.5. The minimum atomic E-state index is 0.275. The highest BCUT2D eigenvalue weighted by atomic mass is 16.5. The van der Waals surface area contributed by atoms with Crippen molar-refractivity contribution in [1.29, 1.82) is 0 Å². The molecule has 6 rings (SSSR count). The summed E-state index contributed by atoms with van der Waals surface area (Å²) in [6, 6.07) is 13.2. The number of rotatable bonds is 3. The van der Waals surface area contributed by atoms with Gasteiger partial charge in [-0.2, -0.15) is 0 Å². The molecular weight excluding hydrogens is 310 g/mol. The molecule has 3 aliphatic rings. The molecule has 2 bridgehead atoms. The van der Waals surface area contributed by atoms with Gasteiger partial charge in [-0.25, -0.2) is 4.98 Å². The van der Waals surface area contributed by atoms with Gasteiger partial charge in [0, 0.05) is 35.6 Å². The van der Waals surface area contributed by atoms with Crippen LogP contribution in [-0.2, 0) is 0 Å². The quantitative estimate of drug-likeness (QED) is 0.785. The number of H-pyrrole nitrogens is 1. The van der Waals surface area contributed by atoms with Crippen LogP contribution in [0.3, 0.4) is 0 Å². The molecule has 5 heterocycles. The van der Waals surface area contributed by atoms with Crippen LogP contribution >= 0.6 is 0 Å². The number of pyridine rings is 1. The highest BCUT2D eigenvalue weighted by molar-refractivity contribution is 5.84. The van der Waals surface area contributed by atoms with Gasteiger partial charge in [-0.15, -0.1) is 0 Å². The minimum absolute atomic E-state index is 0.275. The van der Waals surface area contributed by atoms with Crippen LogP contribution in [0.5, 0.6) is 5.88 Å². The minimum Gasteiger partial charge on any atom is -0.472 e. The van der Waals surface area contributed by atoms with E-state index in [0.717, 1.165) is 17.0 Å². The SMILES string of the molecule is C[C@@H]1[C@@H](Oc2ccc(-c3ccc4[nH]ccc4c3)cn2)C2CCN1CC2. The number of ether oxygens (including phenoxy) is 1. The number of fused-ring (bicyclic) bond motifs is 4. The third kappa shape index (κ3) is 2.61. The first-order valence-electron chi connectivity index (χ1n) is 9.22. The second kappa shape index (κ2) is 5.88. The van der Waals surface area contributed by atoms with E-state index in [1.807, 2.05) is 18.5 Å². The second-order valence-electron chi connectivity index (χ2n) is 7.36. The maximum atomic E-state index is 6.29. The first-order chi connectivity index (χ1) is 12.3. The third-order valence-corrected chi connectivity index (χ3v) is 5.97. The summed E-state index contributed by atoms with van der Waals surface area (Å²) in [5, 5.41) is 1.22. The maximum absolute atomic E-state index is 6.29. The Morgan fingerprint density at radius 1 is 1.08 bits per heavy atom. The fraction of sp³-hybridized carbons (Fsp3) is 0.381. The van der Waals surface area contributed by atoms with Gasteiger partial charge < -0.3 is 9.72 Å². The number of benzene rings is 1. The van der Waals surface area contributed by atoms with E-state index in [4.69, 9.17) is 4.74 Å². The van der Waals surface area contributed by atoms with Crippen molar-refractivity contribution in [2.75, 3.05) is 13.1 Å².